The Balaban J connectivity index is 2.45. The molecule has 12 heavy (non-hydrogen) atoms. The standard InChI is InChI=1S/C12H18/c1-10(2)6-5-7-12(4)8-11(3)9-12/h8,10H,6,9H2,1-4H3. The van der Waals surface area contributed by atoms with E-state index in [4.69, 9.17) is 0 Å². The third kappa shape index (κ3) is 2.41. The van der Waals surface area contributed by atoms with Gasteiger partial charge in [0.05, 0.1) is 5.41 Å². The molecule has 0 heteroatoms. The van der Waals surface area contributed by atoms with Crippen LogP contribution in [0.4, 0.5) is 0 Å². The number of hydrogen-bond acceptors (Lipinski definition) is 0. The van der Waals surface area contributed by atoms with Crippen LogP contribution in [0.5, 0.6) is 0 Å². The summed E-state index contributed by atoms with van der Waals surface area (Å²) < 4.78 is 0. The van der Waals surface area contributed by atoms with Crippen LogP contribution in [-0.4, -0.2) is 0 Å². The molecule has 0 saturated heterocycles. The average molecular weight is 162 g/mol. The van der Waals surface area contributed by atoms with Gasteiger partial charge in [-0.3, -0.25) is 0 Å². The molecule has 0 nitrogen and oxygen atoms in total. The van der Waals surface area contributed by atoms with E-state index in [1.807, 2.05) is 0 Å². The maximum atomic E-state index is 3.33. The molecule has 0 saturated carbocycles. The van der Waals surface area contributed by atoms with Crippen LogP contribution in [0, 0.1) is 23.2 Å². The summed E-state index contributed by atoms with van der Waals surface area (Å²) in [7, 11) is 0. The highest BCUT2D eigenvalue weighted by Crippen LogP contribution is 2.37. The van der Waals surface area contributed by atoms with Gasteiger partial charge in [-0.25, -0.2) is 0 Å². The monoisotopic (exact) mass is 162 g/mol. The molecule has 0 spiro atoms. The normalized spacial score (nSPS) is 27.2. The SMILES string of the molecule is CC1=CC(C)(C#CCC(C)C)C1. The van der Waals surface area contributed by atoms with Gasteiger partial charge in [-0.05, 0) is 26.2 Å². The predicted molar refractivity (Wildman–Crippen MR) is 53.7 cm³/mol. The molecule has 0 bridgehead atoms. The van der Waals surface area contributed by atoms with Crippen LogP contribution < -0.4 is 0 Å². The van der Waals surface area contributed by atoms with Gasteiger partial charge in [-0.1, -0.05) is 31.4 Å². The zero-order valence-electron chi connectivity index (χ0n) is 8.57. The number of allylic oxidation sites excluding steroid dienone is 2. The minimum Gasteiger partial charge on any atom is -0.102 e. The van der Waals surface area contributed by atoms with Crippen LogP contribution in [0.15, 0.2) is 11.6 Å². The van der Waals surface area contributed by atoms with Crippen molar-refractivity contribution in [3.8, 4) is 11.8 Å². The zero-order chi connectivity index (χ0) is 9.19. The summed E-state index contributed by atoms with van der Waals surface area (Å²) in [4.78, 5) is 0. The zero-order valence-corrected chi connectivity index (χ0v) is 8.57. The fourth-order valence-corrected chi connectivity index (χ4v) is 1.63. The van der Waals surface area contributed by atoms with E-state index in [1.54, 1.807) is 0 Å². The van der Waals surface area contributed by atoms with E-state index in [2.05, 4.69) is 45.6 Å². The molecule has 1 aliphatic rings. The van der Waals surface area contributed by atoms with Crippen LogP contribution in [-0.2, 0) is 0 Å². The van der Waals surface area contributed by atoms with Gasteiger partial charge in [-0.2, -0.15) is 0 Å². The Morgan fingerprint density at radius 1 is 1.58 bits per heavy atom. The molecule has 0 aromatic carbocycles. The lowest BCUT2D eigenvalue weighted by molar-refractivity contribution is 0.503. The van der Waals surface area contributed by atoms with Gasteiger partial charge in [0.25, 0.3) is 0 Å². The summed E-state index contributed by atoms with van der Waals surface area (Å²) in [6, 6.07) is 0. The first kappa shape index (κ1) is 9.39. The molecular weight excluding hydrogens is 144 g/mol. The van der Waals surface area contributed by atoms with E-state index >= 15 is 0 Å². The summed E-state index contributed by atoms with van der Waals surface area (Å²) in [6.07, 6.45) is 4.47. The fourth-order valence-electron chi connectivity index (χ4n) is 1.63. The second-order valence-corrected chi connectivity index (χ2v) is 4.48. The molecule has 1 unspecified atom stereocenters. The van der Waals surface area contributed by atoms with Crippen molar-refractivity contribution < 1.29 is 0 Å². The van der Waals surface area contributed by atoms with Crippen LogP contribution >= 0.6 is 0 Å². The third-order valence-electron chi connectivity index (χ3n) is 2.10. The second-order valence-electron chi connectivity index (χ2n) is 4.48. The molecule has 0 fully saturated rings. The minimum atomic E-state index is 0.207. The molecule has 0 aliphatic heterocycles. The molecule has 1 atom stereocenters. The van der Waals surface area contributed by atoms with Gasteiger partial charge < -0.3 is 0 Å². The summed E-state index contributed by atoms with van der Waals surface area (Å²) in [6.45, 7) is 8.80. The maximum Gasteiger partial charge on any atom is 0.0504 e. The van der Waals surface area contributed by atoms with E-state index in [0.29, 0.717) is 5.92 Å². The number of hydrogen-bond donors (Lipinski definition) is 0. The van der Waals surface area contributed by atoms with Crippen LogP contribution in [0.3, 0.4) is 0 Å². The van der Waals surface area contributed by atoms with Crippen LogP contribution in [0.1, 0.15) is 40.5 Å². The fraction of sp³-hybridized carbons (Fsp3) is 0.667. The summed E-state index contributed by atoms with van der Waals surface area (Å²) in [5, 5.41) is 0. The van der Waals surface area contributed by atoms with Crippen molar-refractivity contribution in [3.63, 3.8) is 0 Å². The highest BCUT2D eigenvalue weighted by Gasteiger charge is 2.26. The predicted octanol–water partition coefficient (Wildman–Crippen LogP) is 3.39. The van der Waals surface area contributed by atoms with Gasteiger partial charge in [0.2, 0.25) is 0 Å². The van der Waals surface area contributed by atoms with E-state index in [9.17, 15) is 0 Å². The highest BCUT2D eigenvalue weighted by atomic mass is 14.3. The highest BCUT2D eigenvalue weighted by molar-refractivity contribution is 5.32. The van der Waals surface area contributed by atoms with Crippen molar-refractivity contribution in [2.75, 3.05) is 0 Å². The minimum absolute atomic E-state index is 0.207. The van der Waals surface area contributed by atoms with Crippen LogP contribution in [0.2, 0.25) is 0 Å². The summed E-state index contributed by atoms with van der Waals surface area (Å²) in [5.74, 6) is 7.28. The van der Waals surface area contributed by atoms with Crippen molar-refractivity contribution in [1.82, 2.24) is 0 Å². The van der Waals surface area contributed by atoms with Gasteiger partial charge >= 0.3 is 0 Å². The second kappa shape index (κ2) is 3.35. The smallest absolute Gasteiger partial charge is 0.0504 e. The molecule has 0 amide bonds. The lowest BCUT2D eigenvalue weighted by Gasteiger charge is -2.29. The molecule has 0 radical (unpaired) electrons. The topological polar surface area (TPSA) is 0 Å². The Kier molecular flexibility index (Phi) is 2.62. The average Bonchev–Trinajstić information content (AvgIpc) is 1.83. The quantitative estimate of drug-likeness (QED) is 0.409. The van der Waals surface area contributed by atoms with E-state index in [1.165, 1.54) is 5.57 Å². The third-order valence-corrected chi connectivity index (χ3v) is 2.10. The Morgan fingerprint density at radius 3 is 2.58 bits per heavy atom. The van der Waals surface area contributed by atoms with E-state index in [0.717, 1.165) is 12.8 Å². The van der Waals surface area contributed by atoms with Gasteiger partial charge in [-0.15, -0.1) is 5.92 Å². The van der Waals surface area contributed by atoms with Gasteiger partial charge in [0.15, 0.2) is 0 Å². The molecule has 0 aromatic heterocycles. The molecular formula is C12H18. The lowest BCUT2D eigenvalue weighted by Crippen LogP contribution is -2.19. The first-order chi connectivity index (χ1) is 5.52. The Bertz CT molecular complexity index is 247. The lowest BCUT2D eigenvalue weighted by atomic mass is 9.74. The summed E-state index contributed by atoms with van der Waals surface area (Å²) in [5.41, 5.74) is 1.69. The van der Waals surface area contributed by atoms with Crippen molar-refractivity contribution in [2.45, 2.75) is 40.5 Å². The first-order valence-electron chi connectivity index (χ1n) is 4.70. The molecule has 1 rings (SSSR count). The molecule has 0 aromatic rings. The van der Waals surface area contributed by atoms with Crippen LogP contribution in [0.25, 0.3) is 0 Å². The molecule has 0 heterocycles. The summed E-state index contributed by atoms with van der Waals surface area (Å²) >= 11 is 0. The van der Waals surface area contributed by atoms with Gasteiger partial charge in [0.1, 0.15) is 0 Å². The van der Waals surface area contributed by atoms with Crippen molar-refractivity contribution in [3.05, 3.63) is 11.6 Å². The molecule has 0 N–H and O–H groups in total. The van der Waals surface area contributed by atoms with E-state index < -0.39 is 0 Å². The first-order valence-corrected chi connectivity index (χ1v) is 4.70. The van der Waals surface area contributed by atoms with E-state index in [-0.39, 0.29) is 5.41 Å². The van der Waals surface area contributed by atoms with Crippen molar-refractivity contribution in [1.29, 1.82) is 0 Å². The Labute approximate surface area is 76.1 Å². The Morgan fingerprint density at radius 2 is 2.17 bits per heavy atom. The maximum absolute atomic E-state index is 3.33. The van der Waals surface area contributed by atoms with Crippen molar-refractivity contribution in [2.24, 2.45) is 11.3 Å². The molecule has 66 valence electrons. The Hall–Kier alpha value is -0.700. The van der Waals surface area contributed by atoms with Gasteiger partial charge in [0, 0.05) is 6.42 Å². The largest absolute Gasteiger partial charge is 0.102 e. The van der Waals surface area contributed by atoms with Crippen molar-refractivity contribution >= 4 is 0 Å². The number of rotatable bonds is 1. The molecule has 1 aliphatic carbocycles.